The molecule has 1 amide bonds. The molecule has 0 radical (unpaired) electrons. The van der Waals surface area contributed by atoms with Crippen LogP contribution in [0.15, 0.2) is 48.8 Å². The van der Waals surface area contributed by atoms with Crippen molar-refractivity contribution >= 4 is 11.6 Å². The van der Waals surface area contributed by atoms with Gasteiger partial charge >= 0.3 is 0 Å². The van der Waals surface area contributed by atoms with E-state index in [2.05, 4.69) is 46.4 Å². The van der Waals surface area contributed by atoms with Gasteiger partial charge in [0.1, 0.15) is 5.75 Å². The third-order valence-electron chi connectivity index (χ3n) is 6.61. The number of carbonyl (C=O) groups excluding carboxylic acids is 1. The van der Waals surface area contributed by atoms with Crippen molar-refractivity contribution in [3.8, 4) is 16.9 Å². The van der Waals surface area contributed by atoms with Gasteiger partial charge in [-0.25, -0.2) is 0 Å². The predicted octanol–water partition coefficient (Wildman–Crippen LogP) is 4.42. The lowest BCUT2D eigenvalue weighted by Crippen LogP contribution is -2.57. The van der Waals surface area contributed by atoms with Gasteiger partial charge in [-0.15, -0.1) is 0 Å². The van der Waals surface area contributed by atoms with E-state index in [4.69, 9.17) is 4.74 Å². The number of nitrogens with one attached hydrogen (secondary N) is 1. The number of aromatic nitrogens is 2. The van der Waals surface area contributed by atoms with Gasteiger partial charge in [-0.2, -0.15) is 5.10 Å². The van der Waals surface area contributed by atoms with Gasteiger partial charge in [0, 0.05) is 49.2 Å². The second-order valence-electron chi connectivity index (χ2n) is 10.1. The number of likely N-dealkylation sites (N-methyl/N-ethyl adjacent to an activating group) is 1. The zero-order valence-corrected chi connectivity index (χ0v) is 21.9. The monoisotopic (exact) mass is 475 g/mol. The number of anilines is 1. The average Bonchev–Trinajstić information content (AvgIpc) is 3.19. The molecule has 0 spiro atoms. The molecule has 2 aromatic carbocycles. The smallest absolute Gasteiger partial charge is 0.252 e. The lowest BCUT2D eigenvalue weighted by Gasteiger charge is -2.44. The number of rotatable bonds is 8. The van der Waals surface area contributed by atoms with Crippen LogP contribution in [-0.2, 0) is 7.05 Å². The highest BCUT2D eigenvalue weighted by Gasteiger charge is 2.29. The first kappa shape index (κ1) is 24.8. The van der Waals surface area contributed by atoms with Crippen LogP contribution in [0, 0.1) is 6.92 Å². The normalized spacial score (nSPS) is 14.8. The van der Waals surface area contributed by atoms with Crippen LogP contribution in [0.2, 0.25) is 0 Å². The van der Waals surface area contributed by atoms with Crippen molar-refractivity contribution in [2.45, 2.75) is 45.9 Å². The molecule has 2 heterocycles. The molecule has 7 heteroatoms. The quantitative estimate of drug-likeness (QED) is 0.522. The third kappa shape index (κ3) is 5.68. The minimum Gasteiger partial charge on any atom is -0.491 e. The molecule has 1 atom stereocenters. The van der Waals surface area contributed by atoms with Gasteiger partial charge in [0.05, 0.1) is 18.3 Å². The first-order valence-corrected chi connectivity index (χ1v) is 12.2. The maximum atomic E-state index is 13.3. The molecule has 1 fully saturated rings. The fraction of sp³-hybridized carbons (Fsp3) is 0.429. The summed E-state index contributed by atoms with van der Waals surface area (Å²) in [5, 5.41) is 7.51. The minimum atomic E-state index is -0.196. The maximum Gasteiger partial charge on any atom is 0.252 e. The van der Waals surface area contributed by atoms with Crippen LogP contribution in [0.25, 0.3) is 11.1 Å². The van der Waals surface area contributed by atoms with Crippen molar-refractivity contribution in [3.63, 3.8) is 0 Å². The van der Waals surface area contributed by atoms with E-state index in [1.807, 2.05) is 71.4 Å². The van der Waals surface area contributed by atoms with Gasteiger partial charge in [-0.3, -0.25) is 9.48 Å². The molecule has 1 aliphatic rings. The van der Waals surface area contributed by atoms with Crippen LogP contribution in [0.4, 0.5) is 5.69 Å². The summed E-state index contributed by atoms with van der Waals surface area (Å²) in [6.45, 7) is 9.97. The summed E-state index contributed by atoms with van der Waals surface area (Å²) in [6, 6.07) is 12.7. The highest BCUT2D eigenvalue weighted by atomic mass is 16.5. The fourth-order valence-electron chi connectivity index (χ4n) is 4.35. The Balaban J connectivity index is 1.55. The standard InChI is InChI=1S/C28H37N5O2/c1-18(2)35-26-11-21(10-22(12-26)23-14-29-32(7)15-23)20(4)30-28(34)27-13-24(9-8-19(27)3)33-16-25(17-33)31(5)6/h8-15,18,20,25H,16-17H2,1-7H3,(H,30,34)/t20-/m1/s1. The summed E-state index contributed by atoms with van der Waals surface area (Å²) in [6.07, 6.45) is 3.87. The zero-order chi connectivity index (χ0) is 25.3. The number of carbonyl (C=O) groups is 1. The molecule has 35 heavy (non-hydrogen) atoms. The van der Waals surface area contributed by atoms with Crippen LogP contribution in [0.3, 0.4) is 0 Å². The van der Waals surface area contributed by atoms with Crippen molar-refractivity contribution in [1.82, 2.24) is 20.0 Å². The first-order chi connectivity index (χ1) is 16.6. The molecule has 186 valence electrons. The molecule has 1 aromatic heterocycles. The minimum absolute atomic E-state index is 0.0517. The molecular weight excluding hydrogens is 438 g/mol. The molecule has 0 bridgehead atoms. The highest BCUT2D eigenvalue weighted by molar-refractivity contribution is 5.97. The van der Waals surface area contributed by atoms with Gasteiger partial charge in [0.15, 0.2) is 0 Å². The fourth-order valence-corrected chi connectivity index (χ4v) is 4.35. The van der Waals surface area contributed by atoms with E-state index >= 15 is 0 Å². The van der Waals surface area contributed by atoms with Gasteiger partial charge < -0.3 is 19.9 Å². The molecule has 1 saturated heterocycles. The Morgan fingerprint density at radius 1 is 1.11 bits per heavy atom. The topological polar surface area (TPSA) is 62.6 Å². The maximum absolute atomic E-state index is 13.3. The first-order valence-electron chi connectivity index (χ1n) is 12.2. The Labute approximate surface area is 208 Å². The van der Waals surface area contributed by atoms with E-state index in [0.717, 1.165) is 46.8 Å². The van der Waals surface area contributed by atoms with E-state index in [1.165, 1.54) is 0 Å². The van der Waals surface area contributed by atoms with E-state index in [9.17, 15) is 4.79 Å². The van der Waals surface area contributed by atoms with Gasteiger partial charge in [0.2, 0.25) is 0 Å². The van der Waals surface area contributed by atoms with Gasteiger partial charge in [-0.05, 0) is 88.8 Å². The third-order valence-corrected chi connectivity index (χ3v) is 6.61. The van der Waals surface area contributed by atoms with Crippen LogP contribution in [0.5, 0.6) is 5.75 Å². The Hall–Kier alpha value is -3.32. The van der Waals surface area contributed by atoms with Crippen molar-refractivity contribution in [2.24, 2.45) is 7.05 Å². The molecule has 0 unspecified atom stereocenters. The Bertz CT molecular complexity index is 1190. The summed E-state index contributed by atoms with van der Waals surface area (Å²) in [5.41, 5.74) is 5.79. The second kappa shape index (κ2) is 10.1. The summed E-state index contributed by atoms with van der Waals surface area (Å²) < 4.78 is 7.80. The highest BCUT2D eigenvalue weighted by Crippen LogP contribution is 2.30. The molecule has 1 aliphatic heterocycles. The van der Waals surface area contributed by atoms with Crippen molar-refractivity contribution in [3.05, 3.63) is 65.5 Å². The molecular formula is C28H37N5O2. The lowest BCUT2D eigenvalue weighted by molar-refractivity contribution is 0.0939. The van der Waals surface area contributed by atoms with Crippen LogP contribution in [0.1, 0.15) is 48.3 Å². The number of ether oxygens (including phenoxy) is 1. The van der Waals surface area contributed by atoms with Crippen LogP contribution in [-0.4, -0.2) is 59.9 Å². The number of amides is 1. The Morgan fingerprint density at radius 3 is 2.49 bits per heavy atom. The summed E-state index contributed by atoms with van der Waals surface area (Å²) in [7, 11) is 6.12. The largest absolute Gasteiger partial charge is 0.491 e. The Kier molecular flexibility index (Phi) is 7.17. The van der Waals surface area contributed by atoms with Crippen molar-refractivity contribution in [2.75, 3.05) is 32.1 Å². The van der Waals surface area contributed by atoms with E-state index in [0.29, 0.717) is 11.6 Å². The molecule has 4 rings (SSSR count). The summed E-state index contributed by atoms with van der Waals surface area (Å²) >= 11 is 0. The van der Waals surface area contributed by atoms with Crippen LogP contribution < -0.4 is 15.0 Å². The number of aryl methyl sites for hydroxylation is 2. The predicted molar refractivity (Wildman–Crippen MR) is 141 cm³/mol. The van der Waals surface area contributed by atoms with Crippen molar-refractivity contribution < 1.29 is 9.53 Å². The molecule has 3 aromatic rings. The molecule has 1 N–H and O–H groups in total. The SMILES string of the molecule is Cc1ccc(N2CC(N(C)C)C2)cc1C(=O)N[C@H](C)c1cc(OC(C)C)cc(-c2cnn(C)c2)c1. The average molecular weight is 476 g/mol. The number of hydrogen-bond donors (Lipinski definition) is 1. The van der Waals surface area contributed by atoms with E-state index in [1.54, 1.807) is 4.68 Å². The van der Waals surface area contributed by atoms with E-state index < -0.39 is 0 Å². The summed E-state index contributed by atoms with van der Waals surface area (Å²) in [5.74, 6) is 0.712. The molecule has 7 nitrogen and oxygen atoms in total. The second-order valence-corrected chi connectivity index (χ2v) is 10.1. The number of hydrogen-bond acceptors (Lipinski definition) is 5. The molecule has 0 aliphatic carbocycles. The Morgan fingerprint density at radius 2 is 1.86 bits per heavy atom. The lowest BCUT2D eigenvalue weighted by atomic mass is 10.00. The molecule has 0 saturated carbocycles. The van der Waals surface area contributed by atoms with E-state index in [-0.39, 0.29) is 18.1 Å². The number of nitrogens with zero attached hydrogens (tertiary/aromatic N) is 4. The summed E-state index contributed by atoms with van der Waals surface area (Å²) in [4.78, 5) is 17.9. The van der Waals surface area contributed by atoms with Crippen LogP contribution >= 0.6 is 0 Å². The zero-order valence-electron chi connectivity index (χ0n) is 21.9. The van der Waals surface area contributed by atoms with Gasteiger partial charge in [0.25, 0.3) is 5.91 Å². The van der Waals surface area contributed by atoms with Crippen molar-refractivity contribution in [1.29, 1.82) is 0 Å². The van der Waals surface area contributed by atoms with Gasteiger partial charge in [-0.1, -0.05) is 6.07 Å². The number of benzene rings is 2.